The fourth-order valence-electron chi connectivity index (χ4n) is 3.72. The van der Waals surface area contributed by atoms with Crippen molar-refractivity contribution in [1.29, 1.82) is 0 Å². The van der Waals surface area contributed by atoms with Gasteiger partial charge in [0.25, 0.3) is 0 Å². The van der Waals surface area contributed by atoms with Crippen LogP contribution in [0.25, 0.3) is 33.7 Å². The summed E-state index contributed by atoms with van der Waals surface area (Å²) in [6.45, 7) is 3.97. The van der Waals surface area contributed by atoms with Crippen LogP contribution in [0.2, 0.25) is 0 Å². The molecule has 166 valence electrons. The number of rotatable bonds is 6. The van der Waals surface area contributed by atoms with Gasteiger partial charge in [-0.05, 0) is 31.6 Å². The molecule has 0 spiro atoms. The lowest BCUT2D eigenvalue weighted by Crippen LogP contribution is -2.01. The molecule has 5 rings (SSSR count). The predicted molar refractivity (Wildman–Crippen MR) is 139 cm³/mol. The summed E-state index contributed by atoms with van der Waals surface area (Å²) in [7, 11) is 0. The van der Waals surface area contributed by atoms with E-state index in [1.807, 2.05) is 97.4 Å². The number of hydrogen-bond donors (Lipinski definition) is 0. The van der Waals surface area contributed by atoms with Crippen LogP contribution in [0.5, 0.6) is 0 Å². The third kappa shape index (κ3) is 4.51. The minimum atomic E-state index is -0.114. The first-order chi connectivity index (χ1) is 16.6. The Bertz CT molecular complexity index is 1460. The summed E-state index contributed by atoms with van der Waals surface area (Å²) in [4.78, 5) is 18.5. The summed E-state index contributed by atoms with van der Waals surface area (Å²) in [5.41, 5.74) is 6.49. The Balaban J connectivity index is 1.53. The smallest absolute Gasteiger partial charge is 0.211 e. The van der Waals surface area contributed by atoms with E-state index in [9.17, 15) is 4.79 Å². The van der Waals surface area contributed by atoms with E-state index < -0.39 is 0 Å². The first kappa shape index (κ1) is 21.7. The van der Waals surface area contributed by atoms with E-state index in [2.05, 4.69) is 18.2 Å². The van der Waals surface area contributed by atoms with Crippen molar-refractivity contribution in [3.63, 3.8) is 0 Å². The van der Waals surface area contributed by atoms with Gasteiger partial charge < -0.3 is 0 Å². The highest BCUT2D eigenvalue weighted by molar-refractivity contribution is 7.14. The third-order valence-corrected chi connectivity index (χ3v) is 6.50. The Morgan fingerprint density at radius 2 is 1.50 bits per heavy atom. The number of benzene rings is 3. The molecule has 0 unspecified atom stereocenters. The zero-order chi connectivity index (χ0) is 23.5. The lowest BCUT2D eigenvalue weighted by Gasteiger charge is -2.03. The molecule has 4 nitrogen and oxygen atoms in total. The van der Waals surface area contributed by atoms with E-state index in [1.165, 1.54) is 16.9 Å². The maximum atomic E-state index is 13.0. The lowest BCUT2D eigenvalue weighted by molar-refractivity contribution is 0.104. The number of hydrogen-bond acceptors (Lipinski definition) is 4. The van der Waals surface area contributed by atoms with Gasteiger partial charge in [-0.25, -0.2) is 9.67 Å². The number of allylic oxidation sites excluding steroid dienone is 1. The van der Waals surface area contributed by atoms with Crippen molar-refractivity contribution in [1.82, 2.24) is 14.8 Å². The van der Waals surface area contributed by atoms with Gasteiger partial charge in [0.15, 0.2) is 0 Å². The van der Waals surface area contributed by atoms with E-state index in [1.54, 1.807) is 6.08 Å². The van der Waals surface area contributed by atoms with Crippen LogP contribution in [0, 0.1) is 13.8 Å². The molecule has 34 heavy (non-hydrogen) atoms. The number of thiazole rings is 1. The van der Waals surface area contributed by atoms with Crippen LogP contribution in [0.15, 0.2) is 97.1 Å². The Labute approximate surface area is 202 Å². The van der Waals surface area contributed by atoms with Crippen LogP contribution >= 0.6 is 11.3 Å². The maximum Gasteiger partial charge on any atom is 0.211 e. The first-order valence-corrected chi connectivity index (χ1v) is 11.9. The highest BCUT2D eigenvalue weighted by atomic mass is 32.1. The quantitative estimate of drug-likeness (QED) is 0.199. The summed E-state index contributed by atoms with van der Waals surface area (Å²) >= 11 is 1.47. The summed E-state index contributed by atoms with van der Waals surface area (Å²) in [6, 6.07) is 30.3. The monoisotopic (exact) mass is 461 g/mol. The molecule has 0 atom stereocenters. The largest absolute Gasteiger partial charge is 0.287 e. The molecular formula is C29H23N3OS. The standard InChI is InChI=1S/C29H23N3OS/c1-20-13-15-22(16-14-20)17-18-27(33)28-21(2)34-29(30-28)32-26(24-11-7-4-8-12-24)19-25(31-32)23-9-5-3-6-10-23/h3-19H,1-2H3. The number of nitrogens with zero attached hydrogens (tertiary/aromatic N) is 3. The van der Waals surface area contributed by atoms with Crippen LogP contribution in [0.4, 0.5) is 0 Å². The molecule has 0 aliphatic carbocycles. The van der Waals surface area contributed by atoms with Gasteiger partial charge in [0.1, 0.15) is 5.69 Å². The normalized spacial score (nSPS) is 11.2. The molecular weight excluding hydrogens is 438 g/mol. The summed E-state index contributed by atoms with van der Waals surface area (Å²) in [6.07, 6.45) is 3.42. The van der Waals surface area contributed by atoms with E-state index in [0.29, 0.717) is 10.8 Å². The minimum Gasteiger partial charge on any atom is -0.287 e. The SMILES string of the molecule is Cc1ccc(C=CC(=O)c2nc(-n3nc(-c4ccccc4)cc3-c3ccccc3)sc2C)cc1. The third-order valence-electron chi connectivity index (χ3n) is 5.55. The molecule has 0 saturated heterocycles. The Morgan fingerprint density at radius 1 is 0.853 bits per heavy atom. The van der Waals surface area contributed by atoms with Gasteiger partial charge in [0.05, 0.1) is 11.4 Å². The second-order valence-electron chi connectivity index (χ2n) is 8.07. The van der Waals surface area contributed by atoms with E-state index in [-0.39, 0.29) is 5.78 Å². The van der Waals surface area contributed by atoms with Crippen LogP contribution in [-0.2, 0) is 0 Å². The second-order valence-corrected chi connectivity index (χ2v) is 9.25. The fraction of sp³-hybridized carbons (Fsp3) is 0.0690. The van der Waals surface area contributed by atoms with Crippen molar-refractivity contribution in [3.8, 4) is 27.6 Å². The van der Waals surface area contributed by atoms with Gasteiger partial charge in [-0.1, -0.05) is 108 Å². The van der Waals surface area contributed by atoms with Crippen molar-refractivity contribution >= 4 is 23.2 Å². The number of ketones is 1. The van der Waals surface area contributed by atoms with Crippen LogP contribution in [-0.4, -0.2) is 20.5 Å². The van der Waals surface area contributed by atoms with E-state index in [0.717, 1.165) is 33.0 Å². The molecule has 0 aliphatic heterocycles. The molecule has 2 aromatic heterocycles. The van der Waals surface area contributed by atoms with Gasteiger partial charge >= 0.3 is 0 Å². The summed E-state index contributed by atoms with van der Waals surface area (Å²) in [5, 5.41) is 5.55. The zero-order valence-corrected chi connectivity index (χ0v) is 19.8. The molecule has 0 saturated carbocycles. The van der Waals surface area contributed by atoms with Gasteiger partial charge in [-0.15, -0.1) is 0 Å². The average Bonchev–Trinajstić information content (AvgIpc) is 3.49. The molecule has 0 fully saturated rings. The van der Waals surface area contributed by atoms with Crippen LogP contribution in [0.1, 0.15) is 26.5 Å². The van der Waals surface area contributed by atoms with Gasteiger partial charge in [-0.2, -0.15) is 5.10 Å². The van der Waals surface area contributed by atoms with E-state index >= 15 is 0 Å². The van der Waals surface area contributed by atoms with Crippen molar-refractivity contribution in [3.05, 3.63) is 119 Å². The Hall–Kier alpha value is -4.09. The van der Waals surface area contributed by atoms with Gasteiger partial charge in [-0.3, -0.25) is 4.79 Å². The van der Waals surface area contributed by atoms with Gasteiger partial charge in [0, 0.05) is 16.0 Å². The topological polar surface area (TPSA) is 47.8 Å². The molecule has 0 aliphatic rings. The van der Waals surface area contributed by atoms with E-state index in [4.69, 9.17) is 10.1 Å². The molecule has 5 aromatic rings. The molecule has 3 aromatic carbocycles. The number of carbonyl (C=O) groups is 1. The Morgan fingerprint density at radius 3 is 2.18 bits per heavy atom. The summed E-state index contributed by atoms with van der Waals surface area (Å²) in [5.74, 6) is -0.114. The fourth-order valence-corrected chi connectivity index (χ4v) is 4.60. The number of aryl methyl sites for hydroxylation is 2. The highest BCUT2D eigenvalue weighted by Crippen LogP contribution is 2.31. The molecule has 0 bridgehead atoms. The molecule has 0 radical (unpaired) electrons. The van der Waals surface area contributed by atoms with Crippen molar-refractivity contribution in [2.45, 2.75) is 13.8 Å². The lowest BCUT2D eigenvalue weighted by atomic mass is 10.1. The minimum absolute atomic E-state index is 0.114. The molecule has 5 heteroatoms. The number of aromatic nitrogens is 3. The highest BCUT2D eigenvalue weighted by Gasteiger charge is 2.19. The first-order valence-electron chi connectivity index (χ1n) is 11.1. The zero-order valence-electron chi connectivity index (χ0n) is 19.0. The summed E-state index contributed by atoms with van der Waals surface area (Å²) < 4.78 is 1.84. The van der Waals surface area contributed by atoms with Crippen molar-refractivity contribution in [2.75, 3.05) is 0 Å². The van der Waals surface area contributed by atoms with Crippen molar-refractivity contribution < 1.29 is 4.79 Å². The molecule has 0 amide bonds. The maximum absolute atomic E-state index is 13.0. The Kier molecular flexibility index (Phi) is 6.02. The number of carbonyl (C=O) groups excluding carboxylic acids is 1. The second kappa shape index (κ2) is 9.41. The van der Waals surface area contributed by atoms with Crippen molar-refractivity contribution in [2.24, 2.45) is 0 Å². The van der Waals surface area contributed by atoms with Crippen LogP contribution in [0.3, 0.4) is 0 Å². The predicted octanol–water partition coefficient (Wildman–Crippen LogP) is 7.18. The van der Waals surface area contributed by atoms with Crippen LogP contribution < -0.4 is 0 Å². The molecule has 2 heterocycles. The molecule has 0 N–H and O–H groups in total. The van der Waals surface area contributed by atoms with Gasteiger partial charge in [0.2, 0.25) is 10.9 Å². The average molecular weight is 462 g/mol.